The maximum Gasteiger partial charge on any atom is 0.328 e. The van der Waals surface area contributed by atoms with Crippen molar-refractivity contribution in [2.75, 3.05) is 0 Å². The molecule has 0 rings (SSSR count). The molecule has 0 amide bonds. The predicted molar refractivity (Wildman–Crippen MR) is 55.6 cm³/mol. The molecule has 0 aromatic heterocycles. The molecule has 0 aliphatic rings. The van der Waals surface area contributed by atoms with Crippen LogP contribution in [0.15, 0.2) is 12.2 Å². The lowest BCUT2D eigenvalue weighted by Crippen LogP contribution is -1.91. The monoisotopic (exact) mass is 250 g/mol. The van der Waals surface area contributed by atoms with Gasteiger partial charge in [0.2, 0.25) is 0 Å². The van der Waals surface area contributed by atoms with Crippen LogP contribution in [0.25, 0.3) is 0 Å². The minimum Gasteiger partial charge on any atom is -0.481 e. The fraction of sp³-hybridized carbons (Fsp3) is 0.333. The van der Waals surface area contributed by atoms with Crippen LogP contribution in [0.3, 0.4) is 0 Å². The quantitative estimate of drug-likeness (QED) is 0.522. The van der Waals surface area contributed by atoms with Crippen molar-refractivity contribution in [3.8, 4) is 0 Å². The first kappa shape index (κ1) is 20.1. The van der Waals surface area contributed by atoms with E-state index < -0.39 is 23.9 Å². The number of rotatable bonds is 3. The van der Waals surface area contributed by atoms with Gasteiger partial charge in [-0.25, -0.2) is 9.59 Å². The second kappa shape index (κ2) is 13.6. The number of aliphatic carboxylic acids is 4. The Hall–Kier alpha value is -2.38. The predicted octanol–water partition coefficient (Wildman–Crippen LogP) is 0.284. The highest BCUT2D eigenvalue weighted by Crippen LogP contribution is 1.70. The maximum atomic E-state index is 9.55. The second-order valence-corrected chi connectivity index (χ2v) is 2.28. The molecule has 8 nitrogen and oxygen atoms in total. The lowest BCUT2D eigenvalue weighted by atomic mass is 10.5. The largest absolute Gasteiger partial charge is 0.481 e. The molecule has 0 saturated carbocycles. The SMILES string of the molecule is CC(=O)O.CCC(=O)O.O=C(O)C=CC(=O)O. The zero-order valence-electron chi connectivity index (χ0n) is 9.28. The molecule has 0 bridgehead atoms. The van der Waals surface area contributed by atoms with Gasteiger partial charge in [-0.1, -0.05) is 6.92 Å². The van der Waals surface area contributed by atoms with Gasteiger partial charge in [0.05, 0.1) is 0 Å². The molecule has 4 N–H and O–H groups in total. The summed E-state index contributed by atoms with van der Waals surface area (Å²) in [7, 11) is 0. The van der Waals surface area contributed by atoms with E-state index >= 15 is 0 Å². The van der Waals surface area contributed by atoms with Crippen LogP contribution < -0.4 is 0 Å². The van der Waals surface area contributed by atoms with Crippen molar-refractivity contribution in [1.29, 1.82) is 0 Å². The Labute approximate surface area is 96.8 Å². The van der Waals surface area contributed by atoms with Crippen molar-refractivity contribution < 1.29 is 39.6 Å². The van der Waals surface area contributed by atoms with Gasteiger partial charge in [0.1, 0.15) is 0 Å². The number of carbonyl (C=O) groups is 4. The van der Waals surface area contributed by atoms with Crippen LogP contribution in [-0.2, 0) is 19.2 Å². The van der Waals surface area contributed by atoms with Gasteiger partial charge >= 0.3 is 17.9 Å². The van der Waals surface area contributed by atoms with Crippen molar-refractivity contribution in [3.05, 3.63) is 12.2 Å². The standard InChI is InChI=1S/C4H4O4.C3H6O2.C2H4O2/c5-3(6)1-2-4(7)8;1-2-3(4)5;1-2(3)4/h1-2H,(H,5,6)(H,7,8);2H2,1H3,(H,4,5);1H3,(H,3,4). The minimum absolute atomic E-state index is 0.222. The Morgan fingerprint density at radius 1 is 0.882 bits per heavy atom. The van der Waals surface area contributed by atoms with Gasteiger partial charge in [-0.2, -0.15) is 0 Å². The minimum atomic E-state index is -1.26. The molecule has 0 saturated heterocycles. The average Bonchev–Trinajstić information content (AvgIpc) is 2.14. The molecule has 17 heavy (non-hydrogen) atoms. The molecule has 0 spiro atoms. The summed E-state index contributed by atoms with van der Waals surface area (Å²) < 4.78 is 0. The molecule has 0 fully saturated rings. The third-order valence-electron chi connectivity index (χ3n) is 0.671. The second-order valence-electron chi connectivity index (χ2n) is 2.28. The first-order valence-electron chi connectivity index (χ1n) is 4.18. The van der Waals surface area contributed by atoms with Crippen molar-refractivity contribution in [3.63, 3.8) is 0 Å². The van der Waals surface area contributed by atoms with E-state index in [1.165, 1.54) is 0 Å². The number of carboxylic acid groups (broad SMARTS) is 4. The molecule has 0 aromatic carbocycles. The summed E-state index contributed by atoms with van der Waals surface area (Å²) in [6.07, 6.45) is 1.34. The Morgan fingerprint density at radius 2 is 1.06 bits per heavy atom. The van der Waals surface area contributed by atoms with E-state index in [0.717, 1.165) is 6.92 Å². The fourth-order valence-electron chi connectivity index (χ4n) is 0.143. The van der Waals surface area contributed by atoms with Crippen LogP contribution in [0, 0.1) is 0 Å². The molecular formula is C9H14O8. The molecule has 0 unspecified atom stereocenters. The van der Waals surface area contributed by atoms with E-state index in [4.69, 9.17) is 25.2 Å². The van der Waals surface area contributed by atoms with Gasteiger partial charge in [-0.05, 0) is 0 Å². The van der Waals surface area contributed by atoms with Crippen LogP contribution >= 0.6 is 0 Å². The molecule has 0 heterocycles. The first-order valence-corrected chi connectivity index (χ1v) is 4.18. The van der Waals surface area contributed by atoms with E-state index in [9.17, 15) is 14.4 Å². The molecule has 0 radical (unpaired) electrons. The van der Waals surface area contributed by atoms with Crippen LogP contribution in [0.1, 0.15) is 20.3 Å². The first-order chi connectivity index (χ1) is 7.63. The van der Waals surface area contributed by atoms with Gasteiger partial charge in [0, 0.05) is 25.5 Å². The smallest absolute Gasteiger partial charge is 0.328 e. The molecule has 0 aliphatic carbocycles. The summed E-state index contributed by atoms with van der Waals surface area (Å²) in [5.41, 5.74) is 0. The summed E-state index contributed by atoms with van der Waals surface area (Å²) in [6.45, 7) is 2.68. The van der Waals surface area contributed by atoms with E-state index in [1.807, 2.05) is 0 Å². The van der Waals surface area contributed by atoms with Gasteiger partial charge < -0.3 is 20.4 Å². The molecule has 98 valence electrons. The lowest BCUT2D eigenvalue weighted by Gasteiger charge is -1.74. The summed E-state index contributed by atoms with van der Waals surface area (Å²) in [6, 6.07) is 0. The molecule has 8 heteroatoms. The Bertz CT molecular complexity index is 271. The Morgan fingerprint density at radius 3 is 1.12 bits per heavy atom. The fourth-order valence-corrected chi connectivity index (χ4v) is 0.143. The van der Waals surface area contributed by atoms with Gasteiger partial charge in [0.15, 0.2) is 0 Å². The average molecular weight is 250 g/mol. The Kier molecular flexibility index (Phi) is 16.1. The van der Waals surface area contributed by atoms with Crippen LogP contribution in [0.5, 0.6) is 0 Å². The van der Waals surface area contributed by atoms with E-state index in [0.29, 0.717) is 12.2 Å². The van der Waals surface area contributed by atoms with Crippen molar-refractivity contribution in [2.45, 2.75) is 20.3 Å². The normalized spacial score (nSPS) is 8.12. The maximum absolute atomic E-state index is 9.55. The third kappa shape index (κ3) is 86.2. The lowest BCUT2D eigenvalue weighted by molar-refractivity contribution is -0.137. The molecule has 0 atom stereocenters. The van der Waals surface area contributed by atoms with Crippen molar-refractivity contribution >= 4 is 23.9 Å². The zero-order valence-corrected chi connectivity index (χ0v) is 9.28. The van der Waals surface area contributed by atoms with Crippen LogP contribution in [0.4, 0.5) is 0 Å². The van der Waals surface area contributed by atoms with Gasteiger partial charge in [-0.15, -0.1) is 0 Å². The number of hydrogen-bond acceptors (Lipinski definition) is 4. The highest BCUT2D eigenvalue weighted by Gasteiger charge is 1.88. The number of hydrogen-bond donors (Lipinski definition) is 4. The highest BCUT2D eigenvalue weighted by atomic mass is 16.4. The number of carboxylic acids is 4. The van der Waals surface area contributed by atoms with Crippen LogP contribution in [0.2, 0.25) is 0 Å². The highest BCUT2D eigenvalue weighted by molar-refractivity contribution is 5.89. The van der Waals surface area contributed by atoms with Crippen LogP contribution in [-0.4, -0.2) is 44.3 Å². The topological polar surface area (TPSA) is 149 Å². The molecular weight excluding hydrogens is 236 g/mol. The molecule has 0 aliphatic heterocycles. The summed E-state index contributed by atoms with van der Waals surface area (Å²) in [5.74, 6) is -4.09. The van der Waals surface area contributed by atoms with E-state index in [1.54, 1.807) is 6.92 Å². The van der Waals surface area contributed by atoms with Gasteiger partial charge in [0.25, 0.3) is 5.97 Å². The van der Waals surface area contributed by atoms with Crippen molar-refractivity contribution in [2.24, 2.45) is 0 Å². The summed E-state index contributed by atoms with van der Waals surface area (Å²) >= 11 is 0. The Balaban J connectivity index is -0.000000188. The third-order valence-corrected chi connectivity index (χ3v) is 0.671. The molecule has 0 aromatic rings. The van der Waals surface area contributed by atoms with Crippen molar-refractivity contribution in [1.82, 2.24) is 0 Å². The summed E-state index contributed by atoms with van der Waals surface area (Å²) in [4.78, 5) is 37.5. The van der Waals surface area contributed by atoms with E-state index in [2.05, 4.69) is 0 Å². The van der Waals surface area contributed by atoms with Gasteiger partial charge in [-0.3, -0.25) is 9.59 Å². The zero-order chi connectivity index (χ0) is 14.4. The van der Waals surface area contributed by atoms with E-state index in [-0.39, 0.29) is 6.42 Å². The summed E-state index contributed by atoms with van der Waals surface area (Å²) in [5, 5.41) is 30.8.